The van der Waals surface area contributed by atoms with Gasteiger partial charge in [0.05, 0.1) is 16.6 Å². The Morgan fingerprint density at radius 2 is 1.79 bits per heavy atom. The van der Waals surface area contributed by atoms with Gasteiger partial charge in [0, 0.05) is 0 Å². The number of carbonyl (C=O) groups is 3. The van der Waals surface area contributed by atoms with Gasteiger partial charge in [-0.3, -0.25) is 25.2 Å². The van der Waals surface area contributed by atoms with Crippen molar-refractivity contribution in [2.75, 3.05) is 6.61 Å². The summed E-state index contributed by atoms with van der Waals surface area (Å²) >= 11 is 0. The van der Waals surface area contributed by atoms with Crippen LogP contribution in [0.15, 0.2) is 24.3 Å². The zero-order valence-corrected chi connectivity index (χ0v) is 15.4. The number of nitrogens with one attached hydrogen (secondary N) is 2. The van der Waals surface area contributed by atoms with Gasteiger partial charge in [0.15, 0.2) is 6.61 Å². The second kappa shape index (κ2) is 6.84. The molecule has 1 aromatic rings. The Kier molecular flexibility index (Phi) is 4.61. The van der Waals surface area contributed by atoms with Crippen LogP contribution in [0.1, 0.15) is 48.9 Å². The molecule has 0 saturated heterocycles. The number of hydrogen-bond donors (Lipinski definition) is 3. The first-order valence-electron chi connectivity index (χ1n) is 9.52. The Morgan fingerprint density at radius 3 is 2.43 bits per heavy atom. The summed E-state index contributed by atoms with van der Waals surface area (Å²) < 4.78 is 18.8. The van der Waals surface area contributed by atoms with Gasteiger partial charge >= 0.3 is 5.97 Å². The molecule has 0 radical (unpaired) electrons. The van der Waals surface area contributed by atoms with E-state index in [1.165, 1.54) is 18.2 Å². The standard InChI is InChI=1S/C20H23FN2O5/c21-15-4-2-1-3-14(15)17(25)23-22-16(24)10-28-18(26)19-6-12-5-13(7-19)9-20(27,8-12)11-19/h1-4,12-13,27H,5-11H2,(H,22,24)(H,23,25). The highest BCUT2D eigenvalue weighted by molar-refractivity contribution is 5.95. The molecule has 2 atom stereocenters. The van der Waals surface area contributed by atoms with Gasteiger partial charge in [-0.25, -0.2) is 4.39 Å². The maximum Gasteiger partial charge on any atom is 0.312 e. The highest BCUT2D eigenvalue weighted by Crippen LogP contribution is 2.61. The smallest absolute Gasteiger partial charge is 0.312 e. The lowest BCUT2D eigenvalue weighted by Crippen LogP contribution is -2.58. The molecule has 3 N–H and O–H groups in total. The lowest BCUT2D eigenvalue weighted by atomic mass is 9.48. The molecule has 150 valence electrons. The van der Waals surface area contributed by atoms with E-state index in [0.717, 1.165) is 25.3 Å². The Bertz CT molecular complexity index is 813. The number of halogens is 1. The molecule has 0 aliphatic heterocycles. The van der Waals surface area contributed by atoms with E-state index in [1.807, 2.05) is 0 Å². The van der Waals surface area contributed by atoms with Crippen LogP contribution in [0.5, 0.6) is 0 Å². The third-order valence-electron chi connectivity index (χ3n) is 6.23. The van der Waals surface area contributed by atoms with E-state index in [0.29, 0.717) is 31.1 Å². The quantitative estimate of drug-likeness (QED) is 0.533. The third kappa shape index (κ3) is 3.48. The molecule has 5 rings (SSSR count). The summed E-state index contributed by atoms with van der Waals surface area (Å²) in [5.41, 5.74) is 2.50. The average Bonchev–Trinajstić information content (AvgIpc) is 2.62. The molecule has 2 unspecified atom stereocenters. The van der Waals surface area contributed by atoms with Crippen molar-refractivity contribution < 1.29 is 28.6 Å². The fraction of sp³-hybridized carbons (Fsp3) is 0.550. The SMILES string of the molecule is O=C(COC(=O)C12CC3CC(CC(O)(C3)C1)C2)NNC(=O)c1ccccc1F. The molecule has 4 bridgehead atoms. The van der Waals surface area contributed by atoms with Crippen molar-refractivity contribution in [2.24, 2.45) is 17.3 Å². The first-order valence-corrected chi connectivity index (χ1v) is 9.52. The predicted octanol–water partition coefficient (Wildman–Crippen LogP) is 1.46. The number of aliphatic hydroxyl groups is 1. The van der Waals surface area contributed by atoms with Crippen molar-refractivity contribution in [2.45, 2.75) is 44.1 Å². The van der Waals surface area contributed by atoms with Crippen molar-refractivity contribution >= 4 is 17.8 Å². The summed E-state index contributed by atoms with van der Waals surface area (Å²) in [5.74, 6) is -2.04. The fourth-order valence-electron chi connectivity index (χ4n) is 5.61. The molecule has 8 heteroatoms. The molecule has 0 aromatic heterocycles. The van der Waals surface area contributed by atoms with Crippen molar-refractivity contribution in [3.8, 4) is 0 Å². The van der Waals surface area contributed by atoms with Gasteiger partial charge in [0.1, 0.15) is 5.82 Å². The maximum absolute atomic E-state index is 13.5. The Balaban J connectivity index is 1.29. The molecule has 0 heterocycles. The summed E-state index contributed by atoms with van der Waals surface area (Å²) in [7, 11) is 0. The number of amides is 2. The van der Waals surface area contributed by atoms with Crippen LogP contribution in [0, 0.1) is 23.1 Å². The lowest BCUT2D eigenvalue weighted by Gasteiger charge is -2.58. The second-order valence-electron chi connectivity index (χ2n) is 8.52. The van der Waals surface area contributed by atoms with E-state index in [1.54, 1.807) is 0 Å². The molecule has 4 aliphatic rings. The number of benzene rings is 1. The molecule has 1 aromatic carbocycles. The van der Waals surface area contributed by atoms with Gasteiger partial charge in [-0.15, -0.1) is 0 Å². The van der Waals surface area contributed by atoms with Crippen LogP contribution in [-0.4, -0.2) is 35.1 Å². The minimum atomic E-state index is -0.805. The first-order chi connectivity index (χ1) is 13.3. The summed E-state index contributed by atoms with van der Waals surface area (Å²) in [6.45, 7) is -0.550. The summed E-state index contributed by atoms with van der Waals surface area (Å²) in [4.78, 5) is 36.5. The van der Waals surface area contributed by atoms with Crippen molar-refractivity contribution in [1.82, 2.24) is 10.9 Å². The zero-order chi connectivity index (χ0) is 19.9. The van der Waals surface area contributed by atoms with E-state index in [9.17, 15) is 23.9 Å². The van der Waals surface area contributed by atoms with E-state index >= 15 is 0 Å². The number of hydrogen-bond acceptors (Lipinski definition) is 5. The molecule has 4 aliphatic carbocycles. The Labute approximate surface area is 161 Å². The number of esters is 1. The topological polar surface area (TPSA) is 105 Å². The second-order valence-corrected chi connectivity index (χ2v) is 8.52. The summed E-state index contributed by atoms with van der Waals surface area (Å²) in [6.07, 6.45) is 4.28. The van der Waals surface area contributed by atoms with E-state index in [4.69, 9.17) is 4.74 Å². The first kappa shape index (κ1) is 18.9. The van der Waals surface area contributed by atoms with Gasteiger partial charge in [-0.1, -0.05) is 12.1 Å². The highest BCUT2D eigenvalue weighted by atomic mass is 19.1. The molecule has 4 saturated carbocycles. The number of carbonyl (C=O) groups excluding carboxylic acids is 3. The summed E-state index contributed by atoms with van der Waals surface area (Å²) in [5, 5.41) is 10.7. The largest absolute Gasteiger partial charge is 0.455 e. The van der Waals surface area contributed by atoms with Crippen LogP contribution in [0.4, 0.5) is 4.39 Å². The normalized spacial score (nSPS) is 32.6. The fourth-order valence-corrected chi connectivity index (χ4v) is 5.61. The van der Waals surface area contributed by atoms with Gasteiger partial charge < -0.3 is 9.84 Å². The van der Waals surface area contributed by atoms with Crippen LogP contribution in [0.25, 0.3) is 0 Å². The molecular weight excluding hydrogens is 367 g/mol. The molecule has 28 heavy (non-hydrogen) atoms. The van der Waals surface area contributed by atoms with E-state index in [-0.39, 0.29) is 5.56 Å². The van der Waals surface area contributed by atoms with Crippen molar-refractivity contribution in [3.05, 3.63) is 35.6 Å². The average molecular weight is 390 g/mol. The predicted molar refractivity (Wildman–Crippen MR) is 95.0 cm³/mol. The summed E-state index contributed by atoms with van der Waals surface area (Å²) in [6, 6.07) is 5.37. The van der Waals surface area contributed by atoms with Crippen LogP contribution in [0.2, 0.25) is 0 Å². The molecular formula is C20H23FN2O5. The van der Waals surface area contributed by atoms with Crippen molar-refractivity contribution in [1.29, 1.82) is 0 Å². The monoisotopic (exact) mass is 390 g/mol. The number of ether oxygens (including phenoxy) is 1. The van der Waals surface area contributed by atoms with Crippen LogP contribution in [-0.2, 0) is 14.3 Å². The van der Waals surface area contributed by atoms with Crippen molar-refractivity contribution in [3.63, 3.8) is 0 Å². The Morgan fingerprint density at radius 1 is 1.11 bits per heavy atom. The van der Waals surface area contributed by atoms with E-state index < -0.39 is 41.2 Å². The number of hydrazine groups is 1. The molecule has 0 spiro atoms. The third-order valence-corrected chi connectivity index (χ3v) is 6.23. The molecule has 2 amide bonds. The number of rotatable bonds is 4. The highest BCUT2D eigenvalue weighted by Gasteiger charge is 2.60. The minimum Gasteiger partial charge on any atom is -0.455 e. The minimum absolute atomic E-state index is 0.207. The molecule has 7 nitrogen and oxygen atoms in total. The Hall–Kier alpha value is -2.48. The van der Waals surface area contributed by atoms with Crippen LogP contribution >= 0.6 is 0 Å². The van der Waals surface area contributed by atoms with Gasteiger partial charge in [-0.05, 0) is 62.5 Å². The van der Waals surface area contributed by atoms with Crippen LogP contribution in [0.3, 0.4) is 0 Å². The molecule has 4 fully saturated rings. The van der Waals surface area contributed by atoms with E-state index in [2.05, 4.69) is 10.9 Å². The van der Waals surface area contributed by atoms with Gasteiger partial charge in [-0.2, -0.15) is 0 Å². The van der Waals surface area contributed by atoms with Gasteiger partial charge in [0.2, 0.25) is 0 Å². The van der Waals surface area contributed by atoms with Crippen LogP contribution < -0.4 is 10.9 Å². The maximum atomic E-state index is 13.5. The van der Waals surface area contributed by atoms with Gasteiger partial charge in [0.25, 0.3) is 11.8 Å². The zero-order valence-electron chi connectivity index (χ0n) is 15.4. The lowest BCUT2D eigenvalue weighted by molar-refractivity contribution is -0.196.